The largest absolute Gasteiger partial charge is 0.325 e. The molecule has 1 fully saturated rings. The zero-order valence-electron chi connectivity index (χ0n) is 15.7. The zero-order chi connectivity index (χ0) is 20.4. The molecule has 7 nitrogen and oxygen atoms in total. The smallest absolute Gasteiger partial charge is 0.255 e. The first-order valence-corrected chi connectivity index (χ1v) is 11.8. The van der Waals surface area contributed by atoms with Crippen molar-refractivity contribution in [1.82, 2.24) is 4.31 Å². The summed E-state index contributed by atoms with van der Waals surface area (Å²) in [4.78, 5) is 25.6. The summed E-state index contributed by atoms with van der Waals surface area (Å²) in [5.74, 6) is 0.253. The molecule has 2 aliphatic rings. The molecule has 0 atom stereocenters. The van der Waals surface area contributed by atoms with Crippen molar-refractivity contribution in [3.8, 4) is 0 Å². The molecule has 4 rings (SSSR count). The fraction of sp³-hybridized carbons (Fsp3) is 0.300. The zero-order valence-corrected chi connectivity index (χ0v) is 17.3. The van der Waals surface area contributed by atoms with E-state index >= 15 is 0 Å². The van der Waals surface area contributed by atoms with Crippen LogP contribution in [-0.2, 0) is 14.8 Å². The lowest BCUT2D eigenvalue weighted by molar-refractivity contribution is -0.115. The monoisotopic (exact) mass is 431 g/mol. The van der Waals surface area contributed by atoms with Gasteiger partial charge in [-0.2, -0.15) is 4.31 Å². The Hall–Kier alpha value is -2.36. The minimum atomic E-state index is -3.55. The van der Waals surface area contributed by atoms with Crippen LogP contribution in [0, 0.1) is 0 Å². The molecule has 2 N–H and O–H groups in total. The van der Waals surface area contributed by atoms with Crippen LogP contribution in [0.4, 0.5) is 11.4 Å². The fourth-order valence-corrected chi connectivity index (χ4v) is 5.88. The van der Waals surface area contributed by atoms with Crippen molar-refractivity contribution in [2.45, 2.75) is 29.1 Å². The molecule has 152 valence electrons. The number of benzene rings is 2. The lowest BCUT2D eigenvalue weighted by atomic mass is 10.1. The number of hydrogen-bond donors (Lipinski definition) is 2. The molecule has 0 radical (unpaired) electrons. The second-order valence-corrected chi connectivity index (χ2v) is 10.0. The number of rotatable bonds is 4. The molecule has 2 aromatic rings. The number of sulfonamides is 1. The highest BCUT2D eigenvalue weighted by Gasteiger charge is 2.27. The van der Waals surface area contributed by atoms with Crippen LogP contribution in [0.5, 0.6) is 0 Å². The molecule has 2 aromatic carbocycles. The van der Waals surface area contributed by atoms with E-state index in [1.54, 1.807) is 42.1 Å². The Morgan fingerprint density at radius 3 is 2.69 bits per heavy atom. The van der Waals surface area contributed by atoms with E-state index < -0.39 is 10.0 Å². The van der Waals surface area contributed by atoms with Gasteiger partial charge < -0.3 is 10.6 Å². The van der Waals surface area contributed by atoms with Gasteiger partial charge >= 0.3 is 0 Å². The summed E-state index contributed by atoms with van der Waals surface area (Å²) in [6.45, 7) is 1.05. The Bertz CT molecular complexity index is 1060. The number of fused-ring (bicyclic) bond motifs is 1. The standard InChI is InChI=1S/C20H21N3O4S2/c24-19-8-11-28-18-7-6-14(12-17(18)22-19)20(25)21-15-4-3-5-16(13-15)29(26,27)23-9-1-2-10-23/h3-7,12-13H,1-2,8-11H2,(H,21,25)(H,22,24). The average molecular weight is 432 g/mol. The van der Waals surface area contributed by atoms with E-state index in [9.17, 15) is 18.0 Å². The Morgan fingerprint density at radius 1 is 1.10 bits per heavy atom. The van der Waals surface area contributed by atoms with Crippen molar-refractivity contribution in [1.29, 1.82) is 0 Å². The van der Waals surface area contributed by atoms with Gasteiger partial charge in [-0.25, -0.2) is 8.42 Å². The van der Waals surface area contributed by atoms with Crippen molar-refractivity contribution in [3.05, 3.63) is 48.0 Å². The van der Waals surface area contributed by atoms with Gasteiger partial charge in [0.15, 0.2) is 0 Å². The van der Waals surface area contributed by atoms with E-state index in [1.807, 2.05) is 6.07 Å². The summed E-state index contributed by atoms with van der Waals surface area (Å²) in [6, 6.07) is 11.4. The van der Waals surface area contributed by atoms with Crippen molar-refractivity contribution in [2.75, 3.05) is 29.5 Å². The van der Waals surface area contributed by atoms with Crippen LogP contribution in [0.25, 0.3) is 0 Å². The highest BCUT2D eigenvalue weighted by Crippen LogP contribution is 2.32. The van der Waals surface area contributed by atoms with Gasteiger partial charge in [-0.1, -0.05) is 6.07 Å². The van der Waals surface area contributed by atoms with Gasteiger partial charge in [0, 0.05) is 41.4 Å². The second kappa shape index (κ2) is 8.17. The first-order chi connectivity index (χ1) is 13.9. The number of anilines is 2. The van der Waals surface area contributed by atoms with Crippen molar-refractivity contribution in [2.24, 2.45) is 0 Å². The van der Waals surface area contributed by atoms with E-state index in [2.05, 4.69) is 10.6 Å². The van der Waals surface area contributed by atoms with Crippen molar-refractivity contribution < 1.29 is 18.0 Å². The number of hydrogen-bond acceptors (Lipinski definition) is 5. The summed E-state index contributed by atoms with van der Waals surface area (Å²) in [5.41, 5.74) is 1.42. The van der Waals surface area contributed by atoms with Crippen LogP contribution in [0.1, 0.15) is 29.6 Å². The molecule has 0 bridgehead atoms. The third kappa shape index (κ3) is 4.31. The van der Waals surface area contributed by atoms with E-state index in [-0.39, 0.29) is 16.7 Å². The molecule has 29 heavy (non-hydrogen) atoms. The Morgan fingerprint density at radius 2 is 1.90 bits per heavy atom. The van der Waals surface area contributed by atoms with Gasteiger partial charge in [0.25, 0.3) is 5.91 Å². The number of thioether (sulfide) groups is 1. The number of nitrogens with one attached hydrogen (secondary N) is 2. The fourth-order valence-electron chi connectivity index (χ4n) is 3.38. The highest BCUT2D eigenvalue weighted by molar-refractivity contribution is 7.99. The molecule has 0 unspecified atom stereocenters. The van der Waals surface area contributed by atoms with Crippen LogP contribution in [-0.4, -0.2) is 43.4 Å². The minimum Gasteiger partial charge on any atom is -0.325 e. The Kier molecular flexibility index (Phi) is 5.62. The molecule has 0 aliphatic carbocycles. The van der Waals surface area contributed by atoms with Gasteiger partial charge in [0.05, 0.1) is 10.6 Å². The maximum atomic E-state index is 12.7. The Balaban J connectivity index is 1.54. The number of amides is 2. The van der Waals surface area contributed by atoms with Crippen LogP contribution in [0.2, 0.25) is 0 Å². The molecule has 2 heterocycles. The molecule has 0 spiro atoms. The maximum absolute atomic E-state index is 12.7. The quantitative estimate of drug-likeness (QED) is 0.775. The van der Waals surface area contributed by atoms with Crippen LogP contribution < -0.4 is 10.6 Å². The third-order valence-corrected chi connectivity index (χ3v) is 7.87. The molecule has 1 saturated heterocycles. The normalized spacial score (nSPS) is 17.3. The number of carbonyl (C=O) groups excluding carboxylic acids is 2. The predicted molar refractivity (Wildman–Crippen MR) is 113 cm³/mol. The van der Waals surface area contributed by atoms with Gasteiger partial charge in [0.2, 0.25) is 15.9 Å². The molecule has 9 heteroatoms. The SMILES string of the molecule is O=C1CCSc2ccc(C(=O)Nc3cccc(S(=O)(=O)N4CCCC4)c3)cc2N1. The summed E-state index contributed by atoms with van der Waals surface area (Å²) < 4.78 is 26.9. The van der Waals surface area contributed by atoms with E-state index in [0.29, 0.717) is 42.2 Å². The van der Waals surface area contributed by atoms with Crippen LogP contribution in [0.3, 0.4) is 0 Å². The number of nitrogens with zero attached hydrogens (tertiary/aromatic N) is 1. The van der Waals surface area contributed by atoms with Gasteiger partial charge in [0.1, 0.15) is 0 Å². The van der Waals surface area contributed by atoms with E-state index in [0.717, 1.165) is 17.7 Å². The first-order valence-electron chi connectivity index (χ1n) is 9.42. The van der Waals surface area contributed by atoms with Crippen molar-refractivity contribution >= 4 is 45.0 Å². The van der Waals surface area contributed by atoms with Gasteiger partial charge in [-0.15, -0.1) is 11.8 Å². The molecule has 0 aromatic heterocycles. The minimum absolute atomic E-state index is 0.0753. The first kappa shape index (κ1) is 19.9. The van der Waals surface area contributed by atoms with Gasteiger partial charge in [-0.05, 0) is 49.2 Å². The lowest BCUT2D eigenvalue weighted by Gasteiger charge is -2.16. The molecule has 2 aliphatic heterocycles. The molecule has 2 amide bonds. The second-order valence-electron chi connectivity index (χ2n) is 6.95. The predicted octanol–water partition coefficient (Wildman–Crippen LogP) is 3.16. The summed E-state index contributed by atoms with van der Waals surface area (Å²) in [6.07, 6.45) is 2.16. The van der Waals surface area contributed by atoms with Gasteiger partial charge in [-0.3, -0.25) is 9.59 Å². The van der Waals surface area contributed by atoms with Crippen LogP contribution in [0.15, 0.2) is 52.3 Å². The topological polar surface area (TPSA) is 95.6 Å². The lowest BCUT2D eigenvalue weighted by Crippen LogP contribution is -2.27. The third-order valence-electron chi connectivity index (χ3n) is 4.90. The summed E-state index contributed by atoms with van der Waals surface area (Å²) in [5, 5.41) is 5.57. The van der Waals surface area contributed by atoms with Crippen molar-refractivity contribution in [3.63, 3.8) is 0 Å². The van der Waals surface area contributed by atoms with E-state index in [1.165, 1.54) is 10.4 Å². The average Bonchev–Trinajstić information content (AvgIpc) is 3.18. The van der Waals surface area contributed by atoms with Crippen LogP contribution >= 0.6 is 11.8 Å². The maximum Gasteiger partial charge on any atom is 0.255 e. The summed E-state index contributed by atoms with van der Waals surface area (Å²) >= 11 is 1.57. The molecular weight excluding hydrogens is 410 g/mol. The highest BCUT2D eigenvalue weighted by atomic mass is 32.2. The number of carbonyl (C=O) groups is 2. The Labute approximate surface area is 173 Å². The van der Waals surface area contributed by atoms with E-state index in [4.69, 9.17) is 0 Å². The summed E-state index contributed by atoms with van der Waals surface area (Å²) in [7, 11) is -3.55. The molecule has 0 saturated carbocycles. The molecular formula is C20H21N3O4S2.